The summed E-state index contributed by atoms with van der Waals surface area (Å²) in [6.07, 6.45) is 0. The Balaban J connectivity index is 2.16. The van der Waals surface area contributed by atoms with E-state index in [2.05, 4.69) is 10.2 Å². The van der Waals surface area contributed by atoms with Crippen molar-refractivity contribution in [3.8, 4) is 11.5 Å². The lowest BCUT2D eigenvalue weighted by molar-refractivity contribution is 0.472. The maximum absolute atomic E-state index is 10.3. The van der Waals surface area contributed by atoms with Gasteiger partial charge in [0.15, 0.2) is 0 Å². The average molecular weight is 313 g/mol. The number of fused-ring (bicyclic) bond motifs is 1. The first kappa shape index (κ1) is 14.4. The zero-order valence-electron chi connectivity index (χ0n) is 11.8. The van der Waals surface area contributed by atoms with Gasteiger partial charge in [-0.2, -0.15) is 0 Å². The highest BCUT2D eigenvalue weighted by molar-refractivity contribution is 6.30. The number of halogens is 1. The van der Waals surface area contributed by atoms with Crippen LogP contribution in [0, 0.1) is 6.92 Å². The van der Waals surface area contributed by atoms with Gasteiger partial charge in [0.2, 0.25) is 0 Å². The molecule has 22 heavy (non-hydrogen) atoms. The first-order valence-electron chi connectivity index (χ1n) is 6.68. The smallest absolute Gasteiger partial charge is 0.146 e. The van der Waals surface area contributed by atoms with Gasteiger partial charge in [0.25, 0.3) is 0 Å². The van der Waals surface area contributed by atoms with E-state index in [-0.39, 0.29) is 17.2 Å². The van der Waals surface area contributed by atoms with Crippen LogP contribution in [0.1, 0.15) is 5.56 Å². The molecule has 0 saturated carbocycles. The monoisotopic (exact) mass is 312 g/mol. The fourth-order valence-corrected chi connectivity index (χ4v) is 2.40. The summed E-state index contributed by atoms with van der Waals surface area (Å²) >= 11 is 5.89. The molecule has 0 unspecified atom stereocenters. The van der Waals surface area contributed by atoms with Crippen LogP contribution >= 0.6 is 11.6 Å². The second-order valence-corrected chi connectivity index (χ2v) is 5.38. The molecule has 0 aromatic heterocycles. The van der Waals surface area contributed by atoms with Gasteiger partial charge >= 0.3 is 0 Å². The minimum absolute atomic E-state index is 0.0235. The van der Waals surface area contributed by atoms with Gasteiger partial charge < -0.3 is 10.2 Å². The summed E-state index contributed by atoms with van der Waals surface area (Å²) in [5, 5.41) is 30.4. The molecule has 0 heterocycles. The molecule has 3 aromatic carbocycles. The van der Waals surface area contributed by atoms with Crippen molar-refractivity contribution >= 4 is 33.7 Å². The Morgan fingerprint density at radius 1 is 0.955 bits per heavy atom. The predicted octanol–water partition coefficient (Wildman–Crippen LogP) is 5.63. The molecule has 5 heteroatoms. The highest BCUT2D eigenvalue weighted by atomic mass is 35.5. The molecule has 2 N–H and O–H groups in total. The van der Waals surface area contributed by atoms with Crippen LogP contribution in [0.25, 0.3) is 10.8 Å². The van der Waals surface area contributed by atoms with Crippen LogP contribution in [-0.2, 0) is 0 Å². The standard InChI is InChI=1S/C17H13ClN2O2/c1-10-8-11-4-2-3-5-13(11)16(17(10)22)20-19-14-9-12(18)6-7-15(14)21/h2-9,21-22H,1H3. The van der Waals surface area contributed by atoms with Crippen LogP contribution in [0.2, 0.25) is 5.02 Å². The van der Waals surface area contributed by atoms with E-state index in [9.17, 15) is 10.2 Å². The summed E-state index contributed by atoms with van der Waals surface area (Å²) in [6, 6.07) is 14.0. The zero-order chi connectivity index (χ0) is 15.7. The van der Waals surface area contributed by atoms with Crippen LogP contribution in [0.15, 0.2) is 58.8 Å². The molecular formula is C17H13ClN2O2. The van der Waals surface area contributed by atoms with Gasteiger partial charge in [-0.05, 0) is 42.1 Å². The van der Waals surface area contributed by atoms with Gasteiger partial charge in [0, 0.05) is 10.4 Å². The van der Waals surface area contributed by atoms with Gasteiger partial charge in [-0.25, -0.2) is 0 Å². The number of phenolic OH excluding ortho intramolecular Hbond substituents is 2. The number of benzene rings is 3. The second-order valence-electron chi connectivity index (χ2n) is 4.94. The van der Waals surface area contributed by atoms with E-state index >= 15 is 0 Å². The summed E-state index contributed by atoms with van der Waals surface area (Å²) in [4.78, 5) is 0. The first-order chi connectivity index (χ1) is 10.6. The van der Waals surface area contributed by atoms with Gasteiger partial charge in [-0.1, -0.05) is 35.9 Å². The minimum atomic E-state index is -0.0235. The molecule has 0 radical (unpaired) electrons. The number of aryl methyl sites for hydroxylation is 1. The molecule has 0 spiro atoms. The van der Waals surface area contributed by atoms with Crippen LogP contribution in [0.5, 0.6) is 11.5 Å². The highest BCUT2D eigenvalue weighted by Crippen LogP contribution is 2.39. The zero-order valence-corrected chi connectivity index (χ0v) is 12.5. The SMILES string of the molecule is Cc1cc2ccccc2c(N=Nc2cc(Cl)ccc2O)c1O. The maximum Gasteiger partial charge on any atom is 0.146 e. The molecule has 0 aliphatic rings. The third kappa shape index (κ3) is 2.61. The van der Waals surface area contributed by atoms with Gasteiger partial charge in [-0.15, -0.1) is 10.2 Å². The van der Waals surface area contributed by atoms with E-state index in [0.29, 0.717) is 16.3 Å². The van der Waals surface area contributed by atoms with Crippen molar-refractivity contribution in [2.75, 3.05) is 0 Å². The minimum Gasteiger partial charge on any atom is -0.506 e. The Morgan fingerprint density at radius 3 is 2.55 bits per heavy atom. The molecule has 0 fully saturated rings. The van der Waals surface area contributed by atoms with Crippen molar-refractivity contribution in [2.24, 2.45) is 10.2 Å². The Hall–Kier alpha value is -2.59. The molecule has 0 saturated heterocycles. The summed E-state index contributed by atoms with van der Waals surface area (Å²) in [6.45, 7) is 1.80. The summed E-state index contributed by atoms with van der Waals surface area (Å²) in [5.74, 6) is 0.0496. The van der Waals surface area contributed by atoms with Crippen molar-refractivity contribution in [2.45, 2.75) is 6.92 Å². The first-order valence-corrected chi connectivity index (χ1v) is 7.05. The van der Waals surface area contributed by atoms with Gasteiger partial charge in [-0.3, -0.25) is 0 Å². The van der Waals surface area contributed by atoms with E-state index in [1.54, 1.807) is 13.0 Å². The number of nitrogens with zero attached hydrogens (tertiary/aromatic N) is 2. The Labute approximate surface area is 132 Å². The van der Waals surface area contributed by atoms with Gasteiger partial charge in [0.1, 0.15) is 22.9 Å². The van der Waals surface area contributed by atoms with E-state index in [4.69, 9.17) is 11.6 Å². The number of azo groups is 1. The summed E-state index contributed by atoms with van der Waals surface area (Å²) in [5.41, 5.74) is 1.33. The van der Waals surface area contributed by atoms with E-state index in [1.807, 2.05) is 30.3 Å². The lowest BCUT2D eigenvalue weighted by atomic mass is 10.0. The third-order valence-electron chi connectivity index (χ3n) is 3.38. The topological polar surface area (TPSA) is 65.2 Å². The van der Waals surface area contributed by atoms with Crippen LogP contribution < -0.4 is 0 Å². The molecule has 110 valence electrons. The number of hydrogen-bond acceptors (Lipinski definition) is 4. The Bertz CT molecular complexity index is 891. The molecule has 0 amide bonds. The van der Waals surface area contributed by atoms with Crippen LogP contribution in [0.3, 0.4) is 0 Å². The van der Waals surface area contributed by atoms with Crippen molar-refractivity contribution in [1.82, 2.24) is 0 Å². The fourth-order valence-electron chi connectivity index (χ4n) is 2.24. The molecule has 4 nitrogen and oxygen atoms in total. The van der Waals surface area contributed by atoms with Crippen molar-refractivity contribution < 1.29 is 10.2 Å². The van der Waals surface area contributed by atoms with Crippen LogP contribution in [0.4, 0.5) is 11.4 Å². The Kier molecular flexibility index (Phi) is 3.69. The molecule has 0 bridgehead atoms. The van der Waals surface area contributed by atoms with E-state index < -0.39 is 0 Å². The number of aromatic hydroxyl groups is 2. The lowest BCUT2D eigenvalue weighted by Gasteiger charge is -2.07. The summed E-state index contributed by atoms with van der Waals surface area (Å²) in [7, 11) is 0. The maximum atomic E-state index is 10.3. The lowest BCUT2D eigenvalue weighted by Crippen LogP contribution is -1.80. The van der Waals surface area contributed by atoms with Crippen molar-refractivity contribution in [3.63, 3.8) is 0 Å². The van der Waals surface area contributed by atoms with Gasteiger partial charge in [0.05, 0.1) is 0 Å². The molecular weight excluding hydrogens is 300 g/mol. The van der Waals surface area contributed by atoms with Crippen LogP contribution in [-0.4, -0.2) is 10.2 Å². The number of hydrogen-bond donors (Lipinski definition) is 2. The summed E-state index contributed by atoms with van der Waals surface area (Å²) < 4.78 is 0. The number of rotatable bonds is 2. The van der Waals surface area contributed by atoms with E-state index in [1.165, 1.54) is 12.1 Å². The molecule has 0 aliphatic heterocycles. The second kappa shape index (κ2) is 5.66. The quantitative estimate of drug-likeness (QED) is 0.602. The molecule has 3 aromatic rings. The largest absolute Gasteiger partial charge is 0.506 e. The highest BCUT2D eigenvalue weighted by Gasteiger charge is 2.10. The molecule has 0 aliphatic carbocycles. The Morgan fingerprint density at radius 2 is 1.73 bits per heavy atom. The third-order valence-corrected chi connectivity index (χ3v) is 3.62. The number of phenols is 2. The van der Waals surface area contributed by atoms with E-state index in [0.717, 1.165) is 10.8 Å². The normalized spacial score (nSPS) is 11.4. The van der Waals surface area contributed by atoms with Crippen molar-refractivity contribution in [1.29, 1.82) is 0 Å². The predicted molar refractivity (Wildman–Crippen MR) is 87.6 cm³/mol. The molecule has 3 rings (SSSR count). The molecule has 0 atom stereocenters. The fraction of sp³-hybridized carbons (Fsp3) is 0.0588. The average Bonchev–Trinajstić information content (AvgIpc) is 2.51. The van der Waals surface area contributed by atoms with Crippen molar-refractivity contribution in [3.05, 3.63) is 59.1 Å².